The van der Waals surface area contributed by atoms with Crippen molar-refractivity contribution in [1.29, 1.82) is 0 Å². The van der Waals surface area contributed by atoms with Gasteiger partial charge in [0.15, 0.2) is 0 Å². The second kappa shape index (κ2) is 5.09. The zero-order chi connectivity index (χ0) is 14.1. The third kappa shape index (κ3) is 2.32. The van der Waals surface area contributed by atoms with Crippen LogP contribution in [0, 0.1) is 5.92 Å². The van der Waals surface area contributed by atoms with Crippen LogP contribution in [0.5, 0.6) is 0 Å². The molecule has 0 aliphatic carbocycles. The fraction of sp³-hybridized carbons (Fsp3) is 0.333. The lowest BCUT2D eigenvalue weighted by molar-refractivity contribution is 0.335. The topological polar surface area (TPSA) is 78.1 Å². The molecule has 3 rings (SSSR count). The van der Waals surface area contributed by atoms with Gasteiger partial charge in [-0.05, 0) is 18.4 Å². The Balaban J connectivity index is 1.94. The summed E-state index contributed by atoms with van der Waals surface area (Å²) >= 11 is 0. The second-order valence-electron chi connectivity index (χ2n) is 5.34. The van der Waals surface area contributed by atoms with E-state index < -0.39 is 0 Å². The molecule has 5 heteroatoms. The van der Waals surface area contributed by atoms with Crippen molar-refractivity contribution >= 4 is 11.0 Å². The number of benzene rings is 1. The summed E-state index contributed by atoms with van der Waals surface area (Å²) in [4.78, 5) is 4.39. The summed E-state index contributed by atoms with van der Waals surface area (Å²) in [5, 5.41) is 4.98. The average molecular weight is 271 g/mol. The van der Waals surface area contributed by atoms with Gasteiger partial charge in [0.1, 0.15) is 11.8 Å². The smallest absolute Gasteiger partial charge is 0.243 e. The predicted octanol–water partition coefficient (Wildman–Crippen LogP) is 3.53. The molecule has 0 aliphatic rings. The van der Waals surface area contributed by atoms with E-state index in [2.05, 4.69) is 24.0 Å². The molecule has 0 saturated carbocycles. The zero-order valence-corrected chi connectivity index (χ0v) is 11.5. The van der Waals surface area contributed by atoms with Crippen LogP contribution >= 0.6 is 0 Å². The molecule has 0 unspecified atom stereocenters. The number of nitrogens with zero attached hydrogens (tertiary/aromatic N) is 2. The number of furan rings is 1. The maximum Gasteiger partial charge on any atom is 0.243 e. The lowest BCUT2D eigenvalue weighted by atomic mass is 10.0. The number of rotatable bonds is 4. The molecule has 3 aromatic rings. The Morgan fingerprint density at radius 3 is 2.85 bits per heavy atom. The van der Waals surface area contributed by atoms with Crippen LogP contribution in [0.2, 0.25) is 0 Å². The van der Waals surface area contributed by atoms with Crippen LogP contribution in [0.25, 0.3) is 22.4 Å². The highest BCUT2D eigenvalue weighted by Crippen LogP contribution is 2.29. The van der Waals surface area contributed by atoms with Crippen LogP contribution in [0.4, 0.5) is 0 Å². The van der Waals surface area contributed by atoms with Gasteiger partial charge < -0.3 is 14.7 Å². The molecule has 0 aliphatic heterocycles. The molecule has 104 valence electrons. The fourth-order valence-corrected chi connectivity index (χ4v) is 2.25. The minimum absolute atomic E-state index is 0.227. The van der Waals surface area contributed by atoms with Crippen LogP contribution < -0.4 is 5.73 Å². The normalized spacial score (nSPS) is 13.2. The molecule has 2 heterocycles. The quantitative estimate of drug-likeness (QED) is 0.785. The van der Waals surface area contributed by atoms with Gasteiger partial charge in [0.05, 0.1) is 11.6 Å². The minimum atomic E-state index is -0.227. The maximum absolute atomic E-state index is 6.06. The monoisotopic (exact) mass is 271 g/mol. The van der Waals surface area contributed by atoms with E-state index in [1.54, 1.807) is 6.26 Å². The Hall–Kier alpha value is -2.14. The molecule has 1 atom stereocenters. The predicted molar refractivity (Wildman–Crippen MR) is 75.9 cm³/mol. The first-order valence-electron chi connectivity index (χ1n) is 6.71. The van der Waals surface area contributed by atoms with E-state index >= 15 is 0 Å². The molecule has 5 nitrogen and oxygen atoms in total. The summed E-state index contributed by atoms with van der Waals surface area (Å²) in [6.07, 6.45) is 2.46. The first-order valence-corrected chi connectivity index (χ1v) is 6.71. The highest BCUT2D eigenvalue weighted by atomic mass is 16.5. The van der Waals surface area contributed by atoms with Crippen LogP contribution in [-0.2, 0) is 0 Å². The van der Waals surface area contributed by atoms with Crippen molar-refractivity contribution in [3.8, 4) is 11.4 Å². The standard InChI is InChI=1S/C15H17N3O2/c1-9(2)7-12(16)15-17-14(18-20-15)11-8-19-13-6-4-3-5-10(11)13/h3-6,8-9,12H,7,16H2,1-2H3/t12-/m0/s1. The van der Waals surface area contributed by atoms with Crippen molar-refractivity contribution < 1.29 is 8.94 Å². The molecule has 0 fully saturated rings. The molecule has 0 amide bonds. The average Bonchev–Trinajstić information content (AvgIpc) is 3.04. The zero-order valence-electron chi connectivity index (χ0n) is 11.5. The first-order chi connectivity index (χ1) is 9.65. The van der Waals surface area contributed by atoms with Crippen LogP contribution in [0.3, 0.4) is 0 Å². The molecule has 0 saturated heterocycles. The Kier molecular flexibility index (Phi) is 3.28. The van der Waals surface area contributed by atoms with Crippen molar-refractivity contribution in [1.82, 2.24) is 10.1 Å². The van der Waals surface area contributed by atoms with Crippen molar-refractivity contribution in [3.05, 3.63) is 36.4 Å². The fourth-order valence-electron chi connectivity index (χ4n) is 2.25. The molecule has 0 radical (unpaired) electrons. The second-order valence-corrected chi connectivity index (χ2v) is 5.34. The number of nitrogens with two attached hydrogens (primary N) is 1. The van der Waals surface area contributed by atoms with Gasteiger partial charge in [-0.25, -0.2) is 0 Å². The molecular formula is C15H17N3O2. The van der Waals surface area contributed by atoms with E-state index in [0.717, 1.165) is 23.0 Å². The van der Waals surface area contributed by atoms with Gasteiger partial charge in [-0.3, -0.25) is 0 Å². The van der Waals surface area contributed by atoms with E-state index in [0.29, 0.717) is 17.6 Å². The van der Waals surface area contributed by atoms with Gasteiger partial charge >= 0.3 is 0 Å². The minimum Gasteiger partial charge on any atom is -0.464 e. The highest BCUT2D eigenvalue weighted by molar-refractivity contribution is 5.91. The number of para-hydroxylation sites is 1. The molecule has 2 N–H and O–H groups in total. The number of fused-ring (bicyclic) bond motifs is 1. The van der Waals surface area contributed by atoms with E-state index in [1.165, 1.54) is 0 Å². The van der Waals surface area contributed by atoms with E-state index in [9.17, 15) is 0 Å². The molecule has 1 aromatic carbocycles. The van der Waals surface area contributed by atoms with E-state index in [1.807, 2.05) is 24.3 Å². The summed E-state index contributed by atoms with van der Waals surface area (Å²) < 4.78 is 10.8. The summed E-state index contributed by atoms with van der Waals surface area (Å²) in [6.45, 7) is 4.22. The van der Waals surface area contributed by atoms with Crippen molar-refractivity contribution in [2.45, 2.75) is 26.3 Å². The van der Waals surface area contributed by atoms with Gasteiger partial charge in [0, 0.05) is 5.39 Å². The Bertz CT molecular complexity index is 715. The lowest BCUT2D eigenvalue weighted by Gasteiger charge is -2.08. The number of hydrogen-bond acceptors (Lipinski definition) is 5. The molecule has 20 heavy (non-hydrogen) atoms. The van der Waals surface area contributed by atoms with Crippen LogP contribution in [0.15, 0.2) is 39.5 Å². The maximum atomic E-state index is 6.06. The van der Waals surface area contributed by atoms with Crippen molar-refractivity contribution in [2.24, 2.45) is 11.7 Å². The number of aromatic nitrogens is 2. The summed E-state index contributed by atoms with van der Waals surface area (Å²) in [7, 11) is 0. The molecule has 2 aromatic heterocycles. The molecule has 0 spiro atoms. The Morgan fingerprint density at radius 1 is 1.25 bits per heavy atom. The van der Waals surface area contributed by atoms with Crippen molar-refractivity contribution in [3.63, 3.8) is 0 Å². The summed E-state index contributed by atoms with van der Waals surface area (Å²) in [5.41, 5.74) is 7.69. The third-order valence-corrected chi connectivity index (χ3v) is 3.21. The number of hydrogen-bond donors (Lipinski definition) is 1. The van der Waals surface area contributed by atoms with Gasteiger partial charge in [-0.1, -0.05) is 37.2 Å². The van der Waals surface area contributed by atoms with E-state index in [-0.39, 0.29) is 6.04 Å². The van der Waals surface area contributed by atoms with E-state index in [4.69, 9.17) is 14.7 Å². The largest absolute Gasteiger partial charge is 0.464 e. The van der Waals surface area contributed by atoms with Gasteiger partial charge in [-0.15, -0.1) is 0 Å². The Morgan fingerprint density at radius 2 is 2.05 bits per heavy atom. The van der Waals surface area contributed by atoms with Crippen LogP contribution in [0.1, 0.15) is 32.2 Å². The lowest BCUT2D eigenvalue weighted by Crippen LogP contribution is -2.13. The SMILES string of the molecule is CC(C)C[C@H](N)c1nc(-c2coc3ccccc23)no1. The molecule has 0 bridgehead atoms. The third-order valence-electron chi connectivity index (χ3n) is 3.21. The summed E-state index contributed by atoms with van der Waals surface area (Å²) in [5.74, 6) is 1.47. The highest BCUT2D eigenvalue weighted by Gasteiger charge is 2.19. The molecular weight excluding hydrogens is 254 g/mol. The van der Waals surface area contributed by atoms with Crippen LogP contribution in [-0.4, -0.2) is 10.1 Å². The first kappa shape index (κ1) is 12.9. The van der Waals surface area contributed by atoms with Gasteiger partial charge in [-0.2, -0.15) is 4.98 Å². The Labute approximate surface area is 116 Å². The van der Waals surface area contributed by atoms with Crippen molar-refractivity contribution in [2.75, 3.05) is 0 Å². The van der Waals surface area contributed by atoms with Gasteiger partial charge in [0.2, 0.25) is 11.7 Å². The van der Waals surface area contributed by atoms with Gasteiger partial charge in [0.25, 0.3) is 0 Å². The summed E-state index contributed by atoms with van der Waals surface area (Å²) in [6, 6.07) is 7.53.